The molecule has 0 bridgehead atoms. The van der Waals surface area contributed by atoms with Gasteiger partial charge in [0.05, 0.1) is 0 Å². The molecule has 0 amide bonds. The summed E-state index contributed by atoms with van der Waals surface area (Å²) >= 11 is 0. The largest absolute Gasteiger partial charge is 0.0616 e. The molecule has 0 aromatic heterocycles. The molecule has 0 atom stereocenters. The molecule has 0 aliphatic rings. The molecule has 0 spiro atoms. The Morgan fingerprint density at radius 2 is 0.352 bits per heavy atom. The van der Waals surface area contributed by atoms with Crippen LogP contribution in [0.3, 0.4) is 0 Å². The van der Waals surface area contributed by atoms with E-state index in [-0.39, 0.29) is 0 Å². The van der Waals surface area contributed by atoms with Crippen molar-refractivity contribution in [3.8, 4) is 0 Å². The minimum absolute atomic E-state index is 1.32. The molecule has 0 N–H and O–H groups in total. The molecule has 0 heteroatoms. The summed E-state index contributed by atoms with van der Waals surface area (Å²) < 4.78 is 0. The summed E-state index contributed by atoms with van der Waals surface area (Å²) in [4.78, 5) is 0. The third-order valence-electron chi connectivity index (χ3n) is 25.8. The molecule has 0 saturated heterocycles. The summed E-state index contributed by atoms with van der Waals surface area (Å²) in [5.41, 5.74) is 18.9. The molecule has 122 heavy (non-hydrogen) atoms. The van der Waals surface area contributed by atoms with Gasteiger partial charge in [0.2, 0.25) is 0 Å². The van der Waals surface area contributed by atoms with Crippen LogP contribution in [-0.4, -0.2) is 0 Å². The van der Waals surface area contributed by atoms with Gasteiger partial charge in [-0.25, -0.2) is 0 Å². The summed E-state index contributed by atoms with van der Waals surface area (Å²) in [6.07, 6.45) is 0. The molecule has 0 aliphatic carbocycles. The Hall–Kier alpha value is -14.0. The quantitative estimate of drug-likeness (QED) is 0.105. The third-order valence-corrected chi connectivity index (χ3v) is 25.8. The second-order valence-electron chi connectivity index (χ2n) is 34.2. The number of aryl methyl sites for hydroxylation is 14. The lowest BCUT2D eigenvalue weighted by molar-refractivity contribution is 1.47. The summed E-state index contributed by atoms with van der Waals surface area (Å²) in [5.74, 6) is 0. The molecule has 0 nitrogen and oxygen atoms in total. The summed E-state index contributed by atoms with van der Waals surface area (Å²) in [6, 6.07) is 132. The number of rotatable bonds is 0. The predicted molar refractivity (Wildman–Crippen MR) is 540 cm³/mol. The molecule has 24 aromatic carbocycles. The van der Waals surface area contributed by atoms with Crippen molar-refractivity contribution in [2.75, 3.05) is 0 Å². The first kappa shape index (κ1) is 79.1. The number of hydrogen-bond acceptors (Lipinski definition) is 0. The fourth-order valence-electron chi connectivity index (χ4n) is 19.1. The highest BCUT2D eigenvalue weighted by Crippen LogP contribution is 2.41. The van der Waals surface area contributed by atoms with E-state index in [1.165, 1.54) is 261 Å². The van der Waals surface area contributed by atoms with Gasteiger partial charge in [-0.1, -0.05) is 356 Å². The van der Waals surface area contributed by atoms with Gasteiger partial charge in [-0.15, -0.1) is 0 Å². The van der Waals surface area contributed by atoms with Gasteiger partial charge in [0.15, 0.2) is 0 Å². The highest BCUT2D eigenvalue weighted by atomic mass is 14.2. The van der Waals surface area contributed by atoms with Crippen LogP contribution in [0, 0.1) is 96.9 Å². The van der Waals surface area contributed by atoms with E-state index in [2.05, 4.69) is 461 Å². The average Bonchev–Trinajstić information content (AvgIpc) is 0.754. The van der Waals surface area contributed by atoms with Crippen LogP contribution in [0.5, 0.6) is 0 Å². The Bertz CT molecular complexity index is 7730. The molecule has 0 heterocycles. The van der Waals surface area contributed by atoms with Crippen molar-refractivity contribution < 1.29 is 0 Å². The van der Waals surface area contributed by atoms with Crippen LogP contribution in [0.4, 0.5) is 0 Å². The Morgan fingerprint density at radius 3 is 0.795 bits per heavy atom. The molecule has 24 aromatic rings. The Morgan fingerprint density at radius 1 is 0.107 bits per heavy atom. The average molecular weight is 1570 g/mol. The predicted octanol–water partition coefficient (Wildman–Crippen LogP) is 35.2. The van der Waals surface area contributed by atoms with E-state index in [0.717, 1.165) is 0 Å². The van der Waals surface area contributed by atoms with Crippen molar-refractivity contribution in [1.29, 1.82) is 0 Å². The van der Waals surface area contributed by atoms with Gasteiger partial charge in [0.25, 0.3) is 0 Å². The van der Waals surface area contributed by atoms with Gasteiger partial charge in [0.1, 0.15) is 0 Å². The van der Waals surface area contributed by atoms with Crippen molar-refractivity contribution in [2.45, 2.75) is 96.9 Å². The Balaban J connectivity index is 0.0000000975. The third kappa shape index (κ3) is 15.2. The smallest absolute Gasteiger partial charge is 0.00240 e. The maximum absolute atomic E-state index is 2.33. The highest BCUT2D eigenvalue weighted by molar-refractivity contribution is 6.25. The summed E-state index contributed by atoms with van der Waals surface area (Å²) in [7, 11) is 0. The lowest BCUT2D eigenvalue weighted by atomic mass is 9.91. The molecule has 24 rings (SSSR count). The van der Waals surface area contributed by atoms with Crippen LogP contribution in [0.1, 0.15) is 77.9 Å². The van der Waals surface area contributed by atoms with E-state index in [1.54, 1.807) is 0 Å². The molecule has 0 unspecified atom stereocenters. The topological polar surface area (TPSA) is 0 Å². The van der Waals surface area contributed by atoms with Crippen LogP contribution < -0.4 is 0 Å². The SMILES string of the molecule is Cc1c2ccccc2c(C)c2ccccc12.Cc1cc2c3ccccc3c(C)cc2c2ccccc12.Cc1ccc(C)c2cc3ccccc3cc12.Cc1ccc2c(ccc3cc(C)ccc32)c1.Cc1ccc2cc3cc(C)ccc3cc2c1.Cc1ccc2ccc3c(C)ccc4ccc1c2c43.Cc1cccc2c1ccc1c(C)c3ccccc3cc12. The zero-order valence-corrected chi connectivity index (χ0v) is 72.6. The maximum atomic E-state index is 2.33. The maximum Gasteiger partial charge on any atom is -0.00240 e. The highest BCUT2D eigenvalue weighted by Gasteiger charge is 2.15. The van der Waals surface area contributed by atoms with E-state index in [0.29, 0.717) is 0 Å². The molecular formula is C122H102. The molecular weight excluding hydrogens is 1470 g/mol. The molecule has 0 radical (unpaired) electrons. The standard InChI is InChI=1S/2C20H16.C18H14.4C16H14/c1-13-11-19-18-10-6-4-8-16(18)14(2)12-20(19)17-9-5-3-7-15(13)17;1-13-6-5-9-19-16(13)10-11-18-14(2)17-8-4-3-7-15(17)12-20(18)19;1-11-3-5-13-8-10-16-12(2)4-6-14-7-9-15(11)17(13)18(14)16;1-11-3-7-15-13(9-11)5-6-14-10-12(2)4-8-16(14)15;1-11-3-5-13-10-16-8-12(2)4-6-14(16)9-15(13)7-11;1-11-13-7-3-5-9-15(13)12(2)16-10-6-4-8-14(11)16;1-11-7-8-12(2)16-10-14-6-4-3-5-13(14)9-15(11)16/h2*3-12H,1-2H3;3-10H,1-2H3;4*3-10H,1-2H3. The number of fused-ring (bicyclic) bond motifs is 18. The van der Waals surface area contributed by atoms with E-state index in [9.17, 15) is 0 Å². The first-order valence-corrected chi connectivity index (χ1v) is 43.1. The van der Waals surface area contributed by atoms with E-state index >= 15 is 0 Å². The van der Waals surface area contributed by atoms with E-state index in [4.69, 9.17) is 0 Å². The van der Waals surface area contributed by atoms with Crippen molar-refractivity contribution in [3.63, 3.8) is 0 Å². The van der Waals surface area contributed by atoms with Crippen LogP contribution in [0.15, 0.2) is 364 Å². The van der Waals surface area contributed by atoms with Crippen molar-refractivity contribution >= 4 is 183 Å². The van der Waals surface area contributed by atoms with Crippen LogP contribution in [0.25, 0.3) is 183 Å². The Kier molecular flexibility index (Phi) is 21.6. The van der Waals surface area contributed by atoms with Gasteiger partial charge in [0, 0.05) is 0 Å². The van der Waals surface area contributed by atoms with Crippen molar-refractivity contribution in [3.05, 3.63) is 442 Å². The zero-order valence-electron chi connectivity index (χ0n) is 72.6. The van der Waals surface area contributed by atoms with Gasteiger partial charge < -0.3 is 0 Å². The zero-order chi connectivity index (χ0) is 84.1. The first-order chi connectivity index (χ1) is 59.3. The minimum atomic E-state index is 1.32. The van der Waals surface area contributed by atoms with Gasteiger partial charge in [-0.3, -0.25) is 0 Å². The normalized spacial score (nSPS) is 11.4. The van der Waals surface area contributed by atoms with Crippen LogP contribution in [0.2, 0.25) is 0 Å². The van der Waals surface area contributed by atoms with Gasteiger partial charge >= 0.3 is 0 Å². The van der Waals surface area contributed by atoms with Crippen LogP contribution >= 0.6 is 0 Å². The molecule has 0 aliphatic heterocycles. The fraction of sp³-hybridized carbons (Fsp3) is 0.115. The minimum Gasteiger partial charge on any atom is -0.0616 e. The molecule has 590 valence electrons. The molecule has 0 saturated carbocycles. The monoisotopic (exact) mass is 1570 g/mol. The summed E-state index contributed by atoms with van der Waals surface area (Å²) in [6.45, 7) is 30.5. The second kappa shape index (κ2) is 33.3. The van der Waals surface area contributed by atoms with Gasteiger partial charge in [-0.2, -0.15) is 0 Å². The lowest BCUT2D eigenvalue weighted by Gasteiger charge is -2.13. The first-order valence-electron chi connectivity index (χ1n) is 43.1. The number of benzene rings is 24. The van der Waals surface area contributed by atoms with Crippen molar-refractivity contribution in [1.82, 2.24) is 0 Å². The van der Waals surface area contributed by atoms with Crippen LogP contribution in [-0.2, 0) is 0 Å². The Labute approximate surface area is 716 Å². The lowest BCUT2D eigenvalue weighted by Crippen LogP contribution is -1.87. The number of hydrogen-bond donors (Lipinski definition) is 0. The fourth-order valence-corrected chi connectivity index (χ4v) is 19.1. The molecule has 0 fully saturated rings. The van der Waals surface area contributed by atoms with Gasteiger partial charge in [-0.05, 0) is 366 Å². The van der Waals surface area contributed by atoms with E-state index < -0.39 is 0 Å². The van der Waals surface area contributed by atoms with Crippen molar-refractivity contribution in [2.24, 2.45) is 0 Å². The summed E-state index contributed by atoms with van der Waals surface area (Å²) in [5, 5.41) is 46.1. The van der Waals surface area contributed by atoms with E-state index in [1.807, 2.05) is 0 Å². The second-order valence-corrected chi connectivity index (χ2v) is 34.2.